The summed E-state index contributed by atoms with van der Waals surface area (Å²) in [6, 6.07) is 28.8. The Morgan fingerprint density at radius 1 is 0.788 bits per heavy atom. The van der Waals surface area contributed by atoms with Crippen LogP contribution in [0, 0.1) is 0 Å². The summed E-state index contributed by atoms with van der Waals surface area (Å²) < 4.78 is 0. The number of H-pyrrole nitrogens is 2. The van der Waals surface area contributed by atoms with Crippen molar-refractivity contribution in [3.05, 3.63) is 102 Å². The molecule has 0 bridgehead atoms. The summed E-state index contributed by atoms with van der Waals surface area (Å²) in [5, 5.41) is 11.2. The molecule has 3 heterocycles. The molecular weight excluding hydrogens is 410 g/mol. The van der Waals surface area contributed by atoms with Gasteiger partial charge in [0, 0.05) is 17.9 Å². The number of nitrogens with one attached hydrogen (secondary N) is 2. The molecule has 0 aliphatic heterocycles. The summed E-state index contributed by atoms with van der Waals surface area (Å²) >= 11 is 0. The highest BCUT2D eigenvalue weighted by Gasteiger charge is 2.22. The molecule has 0 radical (unpaired) electrons. The summed E-state index contributed by atoms with van der Waals surface area (Å²) in [7, 11) is 0. The third-order valence-corrected chi connectivity index (χ3v) is 5.96. The summed E-state index contributed by atoms with van der Waals surface area (Å²) in [5.74, 6) is 1.29. The number of para-hydroxylation sites is 1. The number of nitrogens with two attached hydrogens (primary N) is 1. The van der Waals surface area contributed by atoms with Crippen molar-refractivity contribution in [3.8, 4) is 11.1 Å². The molecule has 0 saturated heterocycles. The Kier molecular flexibility index (Phi) is 4.58. The van der Waals surface area contributed by atoms with Crippen LogP contribution in [0.5, 0.6) is 0 Å². The summed E-state index contributed by atoms with van der Waals surface area (Å²) in [5.41, 5.74) is 13.7. The largest absolute Gasteiger partial charge is 0.384 e. The number of hydrogen-bond acceptors (Lipinski definition) is 5. The lowest BCUT2D eigenvalue weighted by Crippen LogP contribution is -2.08. The first-order valence-electron chi connectivity index (χ1n) is 10.8. The van der Waals surface area contributed by atoms with Gasteiger partial charge in [0.2, 0.25) is 5.65 Å². The van der Waals surface area contributed by atoms with Crippen molar-refractivity contribution in [2.24, 2.45) is 0 Å². The van der Waals surface area contributed by atoms with Gasteiger partial charge >= 0.3 is 0 Å². The average molecular weight is 432 g/mol. The zero-order valence-corrected chi connectivity index (χ0v) is 17.7. The van der Waals surface area contributed by atoms with Gasteiger partial charge in [-0.15, -0.1) is 5.10 Å². The number of aromatic amines is 2. The second-order valence-corrected chi connectivity index (χ2v) is 8.05. The molecule has 7 heteroatoms. The quantitative estimate of drug-likeness (QED) is 0.361. The number of benzene rings is 3. The molecule has 4 N–H and O–H groups in total. The smallest absolute Gasteiger partial charge is 0.203 e. The van der Waals surface area contributed by atoms with Crippen molar-refractivity contribution in [1.82, 2.24) is 30.4 Å². The van der Waals surface area contributed by atoms with Crippen molar-refractivity contribution in [3.63, 3.8) is 0 Å². The Labute approximate surface area is 189 Å². The molecule has 1 atom stereocenters. The van der Waals surface area contributed by atoms with E-state index in [4.69, 9.17) is 10.7 Å². The van der Waals surface area contributed by atoms with E-state index in [0.29, 0.717) is 17.9 Å². The lowest BCUT2D eigenvalue weighted by Gasteiger charge is -2.17. The van der Waals surface area contributed by atoms with Crippen molar-refractivity contribution >= 4 is 28.0 Å². The lowest BCUT2D eigenvalue weighted by atomic mass is 9.88. The normalized spacial score (nSPS) is 12.4. The van der Waals surface area contributed by atoms with Gasteiger partial charge in [-0.05, 0) is 28.8 Å². The number of aromatic nitrogens is 6. The molecule has 0 spiro atoms. The fourth-order valence-corrected chi connectivity index (χ4v) is 4.46. The zero-order valence-electron chi connectivity index (χ0n) is 17.7. The van der Waals surface area contributed by atoms with Crippen LogP contribution < -0.4 is 5.73 Å². The van der Waals surface area contributed by atoms with Crippen LogP contribution in [0.15, 0.2) is 84.9 Å². The Bertz CT molecular complexity index is 1550. The number of fused-ring (bicyclic) bond motifs is 2. The van der Waals surface area contributed by atoms with Crippen LogP contribution in [0.25, 0.3) is 33.3 Å². The van der Waals surface area contributed by atoms with Crippen LogP contribution in [0.3, 0.4) is 0 Å². The number of hydrogen-bond donors (Lipinski definition) is 3. The summed E-state index contributed by atoms with van der Waals surface area (Å²) in [6.07, 6.45) is 0.651. The minimum Gasteiger partial charge on any atom is -0.384 e. The molecule has 3 aromatic heterocycles. The number of rotatable bonds is 5. The van der Waals surface area contributed by atoms with Crippen LogP contribution in [0.2, 0.25) is 0 Å². The van der Waals surface area contributed by atoms with Crippen LogP contribution >= 0.6 is 0 Å². The van der Waals surface area contributed by atoms with Gasteiger partial charge in [-0.25, -0.2) is 9.97 Å². The molecule has 0 saturated carbocycles. The number of anilines is 1. The van der Waals surface area contributed by atoms with E-state index in [0.717, 1.165) is 44.6 Å². The average Bonchev–Trinajstić information content (AvgIpc) is 3.49. The molecule has 7 nitrogen and oxygen atoms in total. The molecule has 160 valence electrons. The maximum Gasteiger partial charge on any atom is 0.203 e. The van der Waals surface area contributed by atoms with Crippen LogP contribution in [-0.4, -0.2) is 30.4 Å². The standard InChI is InChI=1S/C26H21N7/c27-22-14-20(25-26(29-22)32-33-31-25)19(17-10-5-2-6-11-17)15-23-28-21-13-7-12-18(24(21)30-23)16-8-3-1-4-9-16/h1-14,19H,15H2,(H,28,30)(H3,27,29,31,32,33). The SMILES string of the molecule is Nc1cc(C(Cc2nc3c(-c4ccccc4)cccc3[nH]2)c2ccccc2)c2n[nH]nc2n1. The molecule has 0 aliphatic carbocycles. The summed E-state index contributed by atoms with van der Waals surface area (Å²) in [6.45, 7) is 0. The highest BCUT2D eigenvalue weighted by molar-refractivity contribution is 5.92. The van der Waals surface area contributed by atoms with Gasteiger partial charge in [0.25, 0.3) is 0 Å². The second kappa shape index (κ2) is 7.87. The highest BCUT2D eigenvalue weighted by Crippen LogP contribution is 2.34. The lowest BCUT2D eigenvalue weighted by molar-refractivity contribution is 0.771. The van der Waals surface area contributed by atoms with Crippen LogP contribution in [0.4, 0.5) is 5.82 Å². The number of nitrogens with zero attached hydrogens (tertiary/aromatic N) is 4. The van der Waals surface area contributed by atoms with E-state index in [2.05, 4.69) is 67.8 Å². The fraction of sp³-hybridized carbons (Fsp3) is 0.0769. The van der Waals surface area contributed by atoms with Crippen molar-refractivity contribution in [2.75, 3.05) is 5.73 Å². The molecule has 6 aromatic rings. The first kappa shape index (κ1) is 19.2. The maximum atomic E-state index is 6.12. The molecule has 3 aromatic carbocycles. The number of imidazole rings is 1. The van der Waals surface area contributed by atoms with Crippen LogP contribution in [-0.2, 0) is 6.42 Å². The van der Waals surface area contributed by atoms with Gasteiger partial charge < -0.3 is 10.7 Å². The maximum absolute atomic E-state index is 6.12. The Balaban J connectivity index is 1.48. The van der Waals surface area contributed by atoms with E-state index in [1.54, 1.807) is 0 Å². The fourth-order valence-electron chi connectivity index (χ4n) is 4.46. The molecule has 0 amide bonds. The van der Waals surface area contributed by atoms with E-state index in [-0.39, 0.29) is 5.92 Å². The first-order valence-corrected chi connectivity index (χ1v) is 10.8. The molecule has 33 heavy (non-hydrogen) atoms. The number of nitrogen functional groups attached to an aromatic ring is 1. The minimum absolute atomic E-state index is 0.0233. The van der Waals surface area contributed by atoms with Crippen LogP contribution in [0.1, 0.15) is 22.9 Å². The Hall–Kier alpha value is -4.52. The van der Waals surface area contributed by atoms with E-state index < -0.39 is 0 Å². The van der Waals surface area contributed by atoms with Gasteiger partial charge in [0.1, 0.15) is 17.2 Å². The molecule has 0 fully saturated rings. The van der Waals surface area contributed by atoms with Gasteiger partial charge in [-0.3, -0.25) is 0 Å². The van der Waals surface area contributed by atoms with Gasteiger partial charge in [0.15, 0.2) is 0 Å². The van der Waals surface area contributed by atoms with E-state index in [1.807, 2.05) is 42.5 Å². The molecule has 6 rings (SSSR count). The first-order chi connectivity index (χ1) is 16.3. The highest BCUT2D eigenvalue weighted by atomic mass is 15.3. The zero-order chi connectivity index (χ0) is 22.2. The summed E-state index contributed by atoms with van der Waals surface area (Å²) in [4.78, 5) is 12.9. The Morgan fingerprint density at radius 3 is 2.39 bits per heavy atom. The second-order valence-electron chi connectivity index (χ2n) is 8.05. The third kappa shape index (κ3) is 3.49. The van der Waals surface area contributed by atoms with E-state index in [9.17, 15) is 0 Å². The number of pyridine rings is 1. The minimum atomic E-state index is -0.0233. The predicted molar refractivity (Wildman–Crippen MR) is 130 cm³/mol. The third-order valence-electron chi connectivity index (χ3n) is 5.96. The van der Waals surface area contributed by atoms with Crippen molar-refractivity contribution in [2.45, 2.75) is 12.3 Å². The molecular formula is C26H21N7. The Morgan fingerprint density at radius 2 is 1.58 bits per heavy atom. The van der Waals surface area contributed by atoms with Gasteiger partial charge in [-0.1, -0.05) is 72.8 Å². The monoisotopic (exact) mass is 431 g/mol. The molecule has 0 aliphatic rings. The molecule has 1 unspecified atom stereocenters. The van der Waals surface area contributed by atoms with E-state index >= 15 is 0 Å². The van der Waals surface area contributed by atoms with E-state index in [1.165, 1.54) is 0 Å². The van der Waals surface area contributed by atoms with Crippen molar-refractivity contribution in [1.29, 1.82) is 0 Å². The topological polar surface area (TPSA) is 109 Å². The van der Waals surface area contributed by atoms with Gasteiger partial charge in [0.05, 0.1) is 11.0 Å². The predicted octanol–water partition coefficient (Wildman–Crippen LogP) is 4.85. The van der Waals surface area contributed by atoms with Gasteiger partial charge in [-0.2, -0.15) is 10.3 Å². The van der Waals surface area contributed by atoms with Crippen molar-refractivity contribution < 1.29 is 0 Å².